The molecule has 1 saturated carbocycles. The Morgan fingerprint density at radius 2 is 2.21 bits per heavy atom. The van der Waals surface area contributed by atoms with Crippen molar-refractivity contribution in [3.8, 4) is 0 Å². The Hall–Kier alpha value is -0.570. The molecule has 1 rings (SSSR count). The standard InChI is InChI=1S/C11H22N2O/c1-3-12-7-6-11(14)13-10-5-4-9(2)8-10/h9-10,12H,3-8H2,1-2H3,(H,13,14). The first-order valence-corrected chi connectivity index (χ1v) is 5.72. The monoisotopic (exact) mass is 198 g/mol. The minimum absolute atomic E-state index is 0.199. The molecule has 0 bridgehead atoms. The summed E-state index contributed by atoms with van der Waals surface area (Å²) < 4.78 is 0. The van der Waals surface area contributed by atoms with Gasteiger partial charge in [-0.05, 0) is 31.7 Å². The average Bonchev–Trinajstić information content (AvgIpc) is 2.52. The summed E-state index contributed by atoms with van der Waals surface area (Å²) in [5.41, 5.74) is 0. The van der Waals surface area contributed by atoms with Crippen molar-refractivity contribution < 1.29 is 4.79 Å². The van der Waals surface area contributed by atoms with E-state index in [2.05, 4.69) is 24.5 Å². The summed E-state index contributed by atoms with van der Waals surface area (Å²) in [6.45, 7) is 6.04. The lowest BCUT2D eigenvalue weighted by molar-refractivity contribution is -0.121. The molecule has 0 saturated heterocycles. The van der Waals surface area contributed by atoms with Crippen LogP contribution in [0.4, 0.5) is 0 Å². The maximum absolute atomic E-state index is 11.4. The number of hydrogen-bond donors (Lipinski definition) is 2. The molecule has 1 aliphatic rings. The largest absolute Gasteiger partial charge is 0.353 e. The maximum atomic E-state index is 11.4. The van der Waals surface area contributed by atoms with E-state index in [1.807, 2.05) is 0 Å². The molecule has 0 aliphatic heterocycles. The van der Waals surface area contributed by atoms with Crippen LogP contribution in [0.1, 0.15) is 39.5 Å². The highest BCUT2D eigenvalue weighted by Crippen LogP contribution is 2.24. The minimum atomic E-state index is 0.199. The number of carbonyl (C=O) groups excluding carboxylic acids is 1. The summed E-state index contributed by atoms with van der Waals surface area (Å²) in [5, 5.41) is 6.24. The van der Waals surface area contributed by atoms with Gasteiger partial charge >= 0.3 is 0 Å². The molecule has 0 aromatic rings. The van der Waals surface area contributed by atoms with E-state index in [0.29, 0.717) is 12.5 Å². The van der Waals surface area contributed by atoms with Crippen molar-refractivity contribution in [2.24, 2.45) is 5.92 Å². The molecule has 0 aromatic heterocycles. The number of rotatable bonds is 5. The minimum Gasteiger partial charge on any atom is -0.353 e. The molecular formula is C11H22N2O. The molecule has 3 nitrogen and oxygen atoms in total. The Kier molecular flexibility index (Phi) is 4.94. The van der Waals surface area contributed by atoms with Gasteiger partial charge in [0.25, 0.3) is 0 Å². The van der Waals surface area contributed by atoms with Gasteiger partial charge in [0, 0.05) is 19.0 Å². The summed E-state index contributed by atoms with van der Waals surface area (Å²) >= 11 is 0. The van der Waals surface area contributed by atoms with Gasteiger partial charge in [0.05, 0.1) is 0 Å². The van der Waals surface area contributed by atoms with E-state index < -0.39 is 0 Å². The zero-order valence-corrected chi connectivity index (χ0v) is 9.31. The molecule has 0 aromatic carbocycles. The van der Waals surface area contributed by atoms with E-state index >= 15 is 0 Å². The van der Waals surface area contributed by atoms with E-state index in [1.54, 1.807) is 0 Å². The van der Waals surface area contributed by atoms with Gasteiger partial charge in [-0.1, -0.05) is 13.8 Å². The first-order chi connectivity index (χ1) is 6.72. The van der Waals surface area contributed by atoms with E-state index in [4.69, 9.17) is 0 Å². The van der Waals surface area contributed by atoms with E-state index in [9.17, 15) is 4.79 Å². The van der Waals surface area contributed by atoms with Crippen molar-refractivity contribution >= 4 is 5.91 Å². The lowest BCUT2D eigenvalue weighted by Crippen LogP contribution is -2.34. The van der Waals surface area contributed by atoms with Crippen LogP contribution < -0.4 is 10.6 Å². The van der Waals surface area contributed by atoms with Crippen molar-refractivity contribution in [3.63, 3.8) is 0 Å². The van der Waals surface area contributed by atoms with Gasteiger partial charge in [0.1, 0.15) is 0 Å². The first-order valence-electron chi connectivity index (χ1n) is 5.72. The van der Waals surface area contributed by atoms with Gasteiger partial charge in [-0.2, -0.15) is 0 Å². The summed E-state index contributed by atoms with van der Waals surface area (Å²) in [6, 6.07) is 0.444. The summed E-state index contributed by atoms with van der Waals surface area (Å²) in [6.07, 6.45) is 4.19. The van der Waals surface area contributed by atoms with Crippen molar-refractivity contribution in [2.75, 3.05) is 13.1 Å². The molecule has 14 heavy (non-hydrogen) atoms. The number of carbonyl (C=O) groups is 1. The Balaban J connectivity index is 2.08. The molecule has 0 radical (unpaired) electrons. The fourth-order valence-electron chi connectivity index (χ4n) is 2.02. The Bertz CT molecular complexity index is 182. The zero-order chi connectivity index (χ0) is 10.4. The van der Waals surface area contributed by atoms with Crippen molar-refractivity contribution in [3.05, 3.63) is 0 Å². The maximum Gasteiger partial charge on any atom is 0.221 e. The lowest BCUT2D eigenvalue weighted by Gasteiger charge is -2.12. The predicted molar refractivity (Wildman–Crippen MR) is 58.1 cm³/mol. The SMILES string of the molecule is CCNCCC(=O)NC1CCC(C)C1. The molecular weight excluding hydrogens is 176 g/mol. The molecule has 2 atom stereocenters. The van der Waals surface area contributed by atoms with Crippen molar-refractivity contribution in [2.45, 2.75) is 45.6 Å². The van der Waals surface area contributed by atoms with Crippen molar-refractivity contribution in [1.82, 2.24) is 10.6 Å². The Labute approximate surface area is 86.6 Å². The van der Waals surface area contributed by atoms with E-state index in [0.717, 1.165) is 31.8 Å². The van der Waals surface area contributed by atoms with Gasteiger partial charge in [0.15, 0.2) is 0 Å². The molecule has 3 heteroatoms. The Morgan fingerprint density at radius 1 is 1.43 bits per heavy atom. The highest BCUT2D eigenvalue weighted by atomic mass is 16.1. The van der Waals surface area contributed by atoms with Gasteiger partial charge in [-0.3, -0.25) is 4.79 Å². The highest BCUT2D eigenvalue weighted by molar-refractivity contribution is 5.76. The predicted octanol–water partition coefficient (Wildman–Crippen LogP) is 1.29. The van der Waals surface area contributed by atoms with Gasteiger partial charge in [0.2, 0.25) is 5.91 Å². The smallest absolute Gasteiger partial charge is 0.221 e. The van der Waals surface area contributed by atoms with Crippen LogP contribution in [0.15, 0.2) is 0 Å². The van der Waals surface area contributed by atoms with Crippen LogP contribution in [0.2, 0.25) is 0 Å². The normalized spacial score (nSPS) is 26.4. The lowest BCUT2D eigenvalue weighted by atomic mass is 10.1. The molecule has 1 amide bonds. The van der Waals surface area contributed by atoms with Crippen LogP contribution in [0.3, 0.4) is 0 Å². The van der Waals surface area contributed by atoms with Crippen LogP contribution in [-0.4, -0.2) is 25.0 Å². The Morgan fingerprint density at radius 3 is 2.79 bits per heavy atom. The highest BCUT2D eigenvalue weighted by Gasteiger charge is 2.22. The molecule has 82 valence electrons. The second-order valence-corrected chi connectivity index (χ2v) is 4.29. The van der Waals surface area contributed by atoms with E-state index in [1.165, 1.54) is 6.42 Å². The van der Waals surface area contributed by atoms with Gasteiger partial charge in [-0.25, -0.2) is 0 Å². The van der Waals surface area contributed by atoms with Crippen molar-refractivity contribution in [1.29, 1.82) is 0 Å². The number of nitrogens with one attached hydrogen (secondary N) is 2. The topological polar surface area (TPSA) is 41.1 Å². The molecule has 2 unspecified atom stereocenters. The quantitative estimate of drug-likeness (QED) is 0.654. The van der Waals surface area contributed by atoms with Crippen LogP contribution in [-0.2, 0) is 4.79 Å². The van der Waals surface area contributed by atoms with Crippen LogP contribution in [0.25, 0.3) is 0 Å². The first kappa shape index (κ1) is 11.5. The van der Waals surface area contributed by atoms with Crippen LogP contribution in [0, 0.1) is 5.92 Å². The molecule has 0 heterocycles. The second kappa shape index (κ2) is 6.02. The zero-order valence-electron chi connectivity index (χ0n) is 9.31. The second-order valence-electron chi connectivity index (χ2n) is 4.29. The molecule has 1 fully saturated rings. The van der Waals surface area contributed by atoms with Gasteiger partial charge in [-0.15, -0.1) is 0 Å². The summed E-state index contributed by atoms with van der Waals surface area (Å²) in [7, 11) is 0. The molecule has 2 N–H and O–H groups in total. The van der Waals surface area contributed by atoms with E-state index in [-0.39, 0.29) is 5.91 Å². The van der Waals surface area contributed by atoms with Crippen LogP contribution >= 0.6 is 0 Å². The number of amides is 1. The average molecular weight is 198 g/mol. The third-order valence-corrected chi connectivity index (χ3v) is 2.84. The fourth-order valence-corrected chi connectivity index (χ4v) is 2.02. The van der Waals surface area contributed by atoms with Gasteiger partial charge < -0.3 is 10.6 Å². The fraction of sp³-hybridized carbons (Fsp3) is 0.909. The molecule has 0 spiro atoms. The third kappa shape index (κ3) is 4.09. The number of hydrogen-bond acceptors (Lipinski definition) is 2. The summed E-state index contributed by atoms with van der Waals surface area (Å²) in [5.74, 6) is 0.985. The summed E-state index contributed by atoms with van der Waals surface area (Å²) in [4.78, 5) is 11.4. The van der Waals surface area contributed by atoms with Crippen LogP contribution in [0.5, 0.6) is 0 Å². The molecule has 1 aliphatic carbocycles. The third-order valence-electron chi connectivity index (χ3n) is 2.84.